The van der Waals surface area contributed by atoms with E-state index in [0.29, 0.717) is 17.5 Å². The second-order valence-electron chi connectivity index (χ2n) is 7.54. The van der Waals surface area contributed by atoms with Gasteiger partial charge in [0.15, 0.2) is 6.71 Å². The summed E-state index contributed by atoms with van der Waals surface area (Å²) in [6.07, 6.45) is 3.83. The number of benzene rings is 1. The van der Waals surface area contributed by atoms with Crippen LogP contribution < -0.4 is 5.46 Å². The predicted molar refractivity (Wildman–Crippen MR) is 89.7 cm³/mol. The van der Waals surface area contributed by atoms with Crippen LogP contribution in [0.1, 0.15) is 53.0 Å². The highest BCUT2D eigenvalue weighted by molar-refractivity contribution is 6.72. The van der Waals surface area contributed by atoms with Gasteiger partial charge < -0.3 is 0 Å². The fourth-order valence-corrected chi connectivity index (χ4v) is 3.10. The van der Waals surface area contributed by atoms with Gasteiger partial charge in [-0.25, -0.2) is 0 Å². The van der Waals surface area contributed by atoms with Crippen LogP contribution in [-0.4, -0.2) is 6.71 Å². The minimum Gasteiger partial charge on any atom is -0.0817 e. The Hall–Kier alpha value is -0.715. The van der Waals surface area contributed by atoms with Crippen LogP contribution in [0.3, 0.4) is 0 Å². The second kappa shape index (κ2) is 6.16. The van der Waals surface area contributed by atoms with E-state index in [-0.39, 0.29) is 0 Å². The van der Waals surface area contributed by atoms with Gasteiger partial charge in [-0.15, -0.1) is 0 Å². The summed E-state index contributed by atoms with van der Waals surface area (Å²) in [5.74, 6) is 0. The first-order valence-electron chi connectivity index (χ1n) is 7.76. The Labute approximate surface area is 121 Å². The summed E-state index contributed by atoms with van der Waals surface area (Å²) in [4.78, 5) is 0. The topological polar surface area (TPSA) is 0 Å². The molecule has 0 aliphatic carbocycles. The van der Waals surface area contributed by atoms with Crippen molar-refractivity contribution in [2.75, 3.05) is 0 Å². The maximum Gasteiger partial charge on any atom is 0.173 e. The van der Waals surface area contributed by atoms with Crippen molar-refractivity contribution in [3.05, 3.63) is 29.8 Å². The zero-order chi connectivity index (χ0) is 14.7. The zero-order valence-corrected chi connectivity index (χ0v) is 14.0. The van der Waals surface area contributed by atoms with Crippen molar-refractivity contribution in [2.24, 2.45) is 10.8 Å². The summed E-state index contributed by atoms with van der Waals surface area (Å²) in [7, 11) is 0. The molecule has 0 aromatic heterocycles. The van der Waals surface area contributed by atoms with Gasteiger partial charge in [0.1, 0.15) is 0 Å². The van der Waals surface area contributed by atoms with Crippen molar-refractivity contribution in [2.45, 2.75) is 67.5 Å². The van der Waals surface area contributed by atoms with Gasteiger partial charge in [0.25, 0.3) is 0 Å². The average Bonchev–Trinajstić information content (AvgIpc) is 2.28. The van der Waals surface area contributed by atoms with Crippen LogP contribution in [0, 0.1) is 17.8 Å². The molecule has 0 radical (unpaired) electrons. The highest BCUT2D eigenvalue weighted by Crippen LogP contribution is 2.45. The number of aryl methyl sites for hydroxylation is 1. The molecule has 0 N–H and O–H groups in total. The summed E-state index contributed by atoms with van der Waals surface area (Å²) < 4.78 is 0. The van der Waals surface area contributed by atoms with E-state index in [1.54, 1.807) is 0 Å². The minimum absolute atomic E-state index is 0.367. The van der Waals surface area contributed by atoms with Crippen molar-refractivity contribution in [1.82, 2.24) is 0 Å². The number of rotatable bonds is 6. The van der Waals surface area contributed by atoms with Crippen molar-refractivity contribution >= 4 is 12.2 Å². The van der Waals surface area contributed by atoms with Crippen LogP contribution in [0.4, 0.5) is 0 Å². The number of hydrogen-bond donors (Lipinski definition) is 0. The van der Waals surface area contributed by atoms with Crippen LogP contribution in [0.15, 0.2) is 24.3 Å². The molecule has 0 saturated carbocycles. The van der Waals surface area contributed by atoms with Gasteiger partial charge in [0.2, 0.25) is 0 Å². The molecule has 0 aliphatic heterocycles. The van der Waals surface area contributed by atoms with Crippen LogP contribution in [-0.2, 0) is 0 Å². The lowest BCUT2D eigenvalue weighted by Gasteiger charge is -2.43. The molecule has 106 valence electrons. The van der Waals surface area contributed by atoms with Crippen LogP contribution in [0.5, 0.6) is 0 Å². The Kier molecular flexibility index (Phi) is 5.30. The normalized spacial score (nSPS) is 12.6. The molecule has 1 aromatic carbocycles. The Bertz CT molecular complexity index is 404. The van der Waals surface area contributed by atoms with Gasteiger partial charge in [-0.3, -0.25) is 0 Å². The first-order valence-corrected chi connectivity index (χ1v) is 7.76. The lowest BCUT2D eigenvalue weighted by Crippen LogP contribution is -2.39. The molecular weight excluding hydrogens is 227 g/mol. The van der Waals surface area contributed by atoms with Crippen molar-refractivity contribution in [1.29, 1.82) is 0 Å². The third kappa shape index (κ3) is 4.13. The summed E-state index contributed by atoms with van der Waals surface area (Å²) >= 11 is 0. The van der Waals surface area contributed by atoms with Crippen molar-refractivity contribution in [3.8, 4) is 0 Å². The van der Waals surface area contributed by atoms with E-state index in [2.05, 4.69) is 72.6 Å². The maximum absolute atomic E-state index is 2.44. The van der Waals surface area contributed by atoms with Gasteiger partial charge in [0.05, 0.1) is 0 Å². The highest BCUT2D eigenvalue weighted by Gasteiger charge is 2.37. The maximum atomic E-state index is 2.44. The SMILES string of the molecule is CCCC(C)(C)C(C)(C)CB(C)c1cccc(C)c1. The van der Waals surface area contributed by atoms with Crippen LogP contribution in [0.25, 0.3) is 0 Å². The van der Waals surface area contributed by atoms with E-state index >= 15 is 0 Å². The molecule has 0 unspecified atom stereocenters. The van der Waals surface area contributed by atoms with E-state index in [0.717, 1.165) is 0 Å². The predicted octanol–water partition coefficient (Wildman–Crippen LogP) is 5.18. The zero-order valence-electron chi connectivity index (χ0n) is 14.0. The third-order valence-corrected chi connectivity index (χ3v) is 5.13. The lowest BCUT2D eigenvalue weighted by molar-refractivity contribution is 0.118. The molecular formula is C18H31B. The monoisotopic (exact) mass is 258 g/mol. The van der Waals surface area contributed by atoms with Gasteiger partial charge in [-0.1, -0.05) is 89.5 Å². The third-order valence-electron chi connectivity index (χ3n) is 5.13. The second-order valence-corrected chi connectivity index (χ2v) is 7.54. The Balaban J connectivity index is 2.83. The minimum atomic E-state index is 0.367. The van der Waals surface area contributed by atoms with E-state index in [1.165, 1.54) is 30.2 Å². The fraction of sp³-hybridized carbons (Fsp3) is 0.667. The summed E-state index contributed by atoms with van der Waals surface area (Å²) in [6.45, 7) is 17.2. The van der Waals surface area contributed by atoms with Gasteiger partial charge in [-0.2, -0.15) is 0 Å². The van der Waals surface area contributed by atoms with Gasteiger partial charge >= 0.3 is 0 Å². The molecule has 1 rings (SSSR count). The molecule has 0 heterocycles. The average molecular weight is 258 g/mol. The molecule has 0 fully saturated rings. The molecule has 0 aliphatic rings. The van der Waals surface area contributed by atoms with Crippen molar-refractivity contribution in [3.63, 3.8) is 0 Å². The first-order chi connectivity index (χ1) is 8.69. The van der Waals surface area contributed by atoms with E-state index in [4.69, 9.17) is 0 Å². The highest BCUT2D eigenvalue weighted by atomic mass is 14.4. The largest absolute Gasteiger partial charge is 0.173 e. The van der Waals surface area contributed by atoms with Crippen LogP contribution >= 0.6 is 0 Å². The molecule has 19 heavy (non-hydrogen) atoms. The molecule has 1 aromatic rings. The molecule has 0 spiro atoms. The molecule has 0 amide bonds. The van der Waals surface area contributed by atoms with E-state index in [1.807, 2.05) is 0 Å². The molecule has 0 nitrogen and oxygen atoms in total. The molecule has 0 bridgehead atoms. The van der Waals surface area contributed by atoms with Crippen LogP contribution in [0.2, 0.25) is 13.1 Å². The first kappa shape index (κ1) is 16.3. The fourth-order valence-electron chi connectivity index (χ4n) is 3.10. The van der Waals surface area contributed by atoms with Gasteiger partial charge in [-0.05, 0) is 24.2 Å². The van der Waals surface area contributed by atoms with Gasteiger partial charge in [0, 0.05) is 0 Å². The Morgan fingerprint density at radius 1 is 1.05 bits per heavy atom. The molecule has 0 atom stereocenters. The summed E-state index contributed by atoms with van der Waals surface area (Å²) in [5, 5.41) is 0. The summed E-state index contributed by atoms with van der Waals surface area (Å²) in [5.41, 5.74) is 3.63. The smallest absolute Gasteiger partial charge is 0.0817 e. The quantitative estimate of drug-likeness (QED) is 0.617. The Morgan fingerprint density at radius 3 is 2.21 bits per heavy atom. The summed E-state index contributed by atoms with van der Waals surface area (Å²) in [6, 6.07) is 8.99. The van der Waals surface area contributed by atoms with E-state index in [9.17, 15) is 0 Å². The standard InChI is InChI=1S/C18H31B/c1-8-12-17(3,4)18(5,6)14-19(7)16-11-9-10-15(2)13-16/h9-11,13H,8,12,14H2,1-7H3. The molecule has 1 heteroatoms. The lowest BCUT2D eigenvalue weighted by atomic mass is 9.38. The molecule has 0 saturated heterocycles. The Morgan fingerprint density at radius 2 is 1.68 bits per heavy atom. The number of hydrogen-bond acceptors (Lipinski definition) is 0. The van der Waals surface area contributed by atoms with Crippen molar-refractivity contribution < 1.29 is 0 Å². The van der Waals surface area contributed by atoms with E-state index < -0.39 is 0 Å².